The first-order valence-corrected chi connectivity index (χ1v) is 12.9. The maximum absolute atomic E-state index is 13.7. The second-order valence-corrected chi connectivity index (χ2v) is 12.3. The number of ketones is 2. The molecule has 1 aliphatic heterocycles. The lowest BCUT2D eigenvalue weighted by atomic mass is 9.63. The Hall–Kier alpha value is -1.92. The highest BCUT2D eigenvalue weighted by atomic mass is 79.9. The average Bonchev–Trinajstić information content (AvgIpc) is 2.72. The molecule has 0 amide bonds. The molecule has 5 nitrogen and oxygen atoms in total. The number of carbonyl (C=O) groups is 2. The second kappa shape index (κ2) is 9.27. The normalized spacial score (nSPS) is 22.1. The van der Waals surface area contributed by atoms with Crippen molar-refractivity contribution in [2.45, 2.75) is 65.7 Å². The molecule has 0 saturated heterocycles. The number of benzene rings is 1. The van der Waals surface area contributed by atoms with E-state index in [1.165, 1.54) is 0 Å². The Morgan fingerprint density at radius 1 is 0.941 bits per heavy atom. The average molecular weight is 531 g/mol. The van der Waals surface area contributed by atoms with Crippen molar-refractivity contribution in [1.82, 2.24) is 4.90 Å². The van der Waals surface area contributed by atoms with Gasteiger partial charge in [0.15, 0.2) is 11.6 Å². The molecule has 4 rings (SSSR count). The summed E-state index contributed by atoms with van der Waals surface area (Å²) in [6, 6.07) is 5.93. The lowest BCUT2D eigenvalue weighted by Gasteiger charge is -2.49. The minimum atomic E-state index is -0.335. The van der Waals surface area contributed by atoms with Gasteiger partial charge in [0.1, 0.15) is 5.75 Å². The fraction of sp³-hybridized carbons (Fsp3) is 0.571. The molecule has 0 fully saturated rings. The molecule has 0 spiro atoms. The summed E-state index contributed by atoms with van der Waals surface area (Å²) in [7, 11) is 3.35. The summed E-state index contributed by atoms with van der Waals surface area (Å²) >= 11 is 3.62. The number of carbonyl (C=O) groups excluding carboxylic acids is 2. The third kappa shape index (κ3) is 4.64. The van der Waals surface area contributed by atoms with Gasteiger partial charge in [0.05, 0.1) is 11.6 Å². The van der Waals surface area contributed by atoms with Crippen LogP contribution in [0.25, 0.3) is 0 Å². The van der Waals surface area contributed by atoms with E-state index in [9.17, 15) is 9.59 Å². The van der Waals surface area contributed by atoms with Crippen molar-refractivity contribution in [1.29, 1.82) is 0 Å². The van der Waals surface area contributed by atoms with Crippen LogP contribution in [0.5, 0.6) is 5.75 Å². The van der Waals surface area contributed by atoms with Crippen LogP contribution in [-0.2, 0) is 14.3 Å². The molecule has 6 heteroatoms. The smallest absolute Gasteiger partial charge is 0.162 e. The van der Waals surface area contributed by atoms with Gasteiger partial charge in [-0.1, -0.05) is 33.8 Å². The predicted octanol–water partition coefficient (Wildman–Crippen LogP) is 6.18. The molecule has 0 aromatic heterocycles. The molecule has 2 aliphatic carbocycles. The van der Waals surface area contributed by atoms with Crippen molar-refractivity contribution in [3.63, 3.8) is 0 Å². The Morgan fingerprint density at radius 2 is 1.50 bits per heavy atom. The monoisotopic (exact) mass is 529 g/mol. The Kier molecular flexibility index (Phi) is 6.87. The lowest BCUT2D eigenvalue weighted by Crippen LogP contribution is -2.44. The fourth-order valence-electron chi connectivity index (χ4n) is 5.88. The predicted molar refractivity (Wildman–Crippen MR) is 137 cm³/mol. The first-order valence-electron chi connectivity index (χ1n) is 12.1. The highest BCUT2D eigenvalue weighted by molar-refractivity contribution is 9.10. The number of nitrogens with zero attached hydrogens (tertiary/aromatic N) is 1. The Labute approximate surface area is 211 Å². The number of ether oxygens (including phenoxy) is 2. The minimum absolute atomic E-state index is 0.118. The number of rotatable bonds is 6. The quantitative estimate of drug-likeness (QED) is 0.411. The molecule has 0 atom stereocenters. The van der Waals surface area contributed by atoms with E-state index in [-0.39, 0.29) is 28.3 Å². The molecule has 0 N–H and O–H groups in total. The maximum atomic E-state index is 13.7. The summed E-state index contributed by atoms with van der Waals surface area (Å²) < 4.78 is 11.6. The summed E-state index contributed by atoms with van der Waals surface area (Å²) in [6.07, 6.45) is 3.47. The third-order valence-electron chi connectivity index (χ3n) is 7.26. The topological polar surface area (TPSA) is 55.8 Å². The van der Waals surface area contributed by atoms with Gasteiger partial charge < -0.3 is 14.4 Å². The van der Waals surface area contributed by atoms with Crippen LogP contribution in [0.3, 0.4) is 0 Å². The molecule has 1 aromatic rings. The van der Waals surface area contributed by atoms with Crippen LogP contribution in [0.4, 0.5) is 0 Å². The molecule has 1 heterocycles. The van der Waals surface area contributed by atoms with Gasteiger partial charge in [-0.25, -0.2) is 0 Å². The van der Waals surface area contributed by atoms with Crippen molar-refractivity contribution < 1.29 is 19.1 Å². The summed E-state index contributed by atoms with van der Waals surface area (Å²) in [5, 5.41) is 0. The van der Waals surface area contributed by atoms with Crippen LogP contribution < -0.4 is 4.74 Å². The molecule has 0 saturated carbocycles. The summed E-state index contributed by atoms with van der Waals surface area (Å²) in [5.41, 5.74) is 4.53. The first-order chi connectivity index (χ1) is 16.0. The zero-order valence-corrected chi connectivity index (χ0v) is 22.8. The fourth-order valence-corrected chi connectivity index (χ4v) is 6.44. The summed E-state index contributed by atoms with van der Waals surface area (Å²) in [5.74, 6) is 0.711. The van der Waals surface area contributed by atoms with Crippen LogP contribution >= 0.6 is 15.9 Å². The Balaban J connectivity index is 1.95. The lowest BCUT2D eigenvalue weighted by molar-refractivity contribution is -0.119. The van der Waals surface area contributed by atoms with E-state index in [0.717, 1.165) is 64.1 Å². The first kappa shape index (κ1) is 25.2. The van der Waals surface area contributed by atoms with E-state index in [1.807, 2.05) is 18.2 Å². The van der Waals surface area contributed by atoms with Gasteiger partial charge in [0, 0.05) is 61.6 Å². The van der Waals surface area contributed by atoms with Gasteiger partial charge in [0.2, 0.25) is 0 Å². The number of hydrogen-bond donors (Lipinski definition) is 0. The van der Waals surface area contributed by atoms with Gasteiger partial charge in [-0.15, -0.1) is 0 Å². The van der Waals surface area contributed by atoms with Gasteiger partial charge in [-0.3, -0.25) is 9.59 Å². The summed E-state index contributed by atoms with van der Waals surface area (Å²) in [4.78, 5) is 29.8. The van der Waals surface area contributed by atoms with E-state index in [0.29, 0.717) is 19.4 Å². The molecule has 0 bridgehead atoms. The van der Waals surface area contributed by atoms with Crippen molar-refractivity contribution in [2.75, 3.05) is 27.4 Å². The van der Waals surface area contributed by atoms with Gasteiger partial charge in [-0.2, -0.15) is 0 Å². The van der Waals surface area contributed by atoms with Crippen LogP contribution in [0.2, 0.25) is 0 Å². The zero-order valence-electron chi connectivity index (χ0n) is 21.2. The number of halogens is 1. The SMILES string of the molecule is COCCCN1C2=C(C(=O)CC(C)(C)C2)C(c2ccc(OC)c(Br)c2)C2=C1CC(C)(C)CC2=O. The number of hydrogen-bond acceptors (Lipinski definition) is 5. The maximum Gasteiger partial charge on any atom is 0.162 e. The van der Waals surface area contributed by atoms with E-state index in [1.54, 1.807) is 14.2 Å². The highest BCUT2D eigenvalue weighted by Crippen LogP contribution is 2.54. The van der Waals surface area contributed by atoms with Crippen LogP contribution in [0.15, 0.2) is 45.2 Å². The molecule has 184 valence electrons. The van der Waals surface area contributed by atoms with E-state index < -0.39 is 0 Å². The molecule has 3 aliphatic rings. The highest BCUT2D eigenvalue weighted by Gasteiger charge is 2.48. The molecular formula is C28H36BrNO4. The van der Waals surface area contributed by atoms with E-state index >= 15 is 0 Å². The zero-order chi connectivity index (χ0) is 24.8. The van der Waals surface area contributed by atoms with E-state index in [4.69, 9.17) is 9.47 Å². The van der Waals surface area contributed by atoms with Crippen LogP contribution in [0.1, 0.15) is 71.3 Å². The van der Waals surface area contributed by atoms with Gasteiger partial charge in [-0.05, 0) is 63.7 Å². The summed E-state index contributed by atoms with van der Waals surface area (Å²) in [6.45, 7) is 10.1. The molecular weight excluding hydrogens is 494 g/mol. The second-order valence-electron chi connectivity index (χ2n) is 11.4. The number of Topliss-reactive ketones (excluding diaryl/α,β-unsaturated/α-hetero) is 2. The standard InChI is InChI=1S/C28H36BrNO4/c1-27(2)13-19-25(21(31)15-27)24(17-8-9-23(34-6)18(29)12-17)26-20(30(19)10-7-11-33-5)14-28(3,4)16-22(26)32/h8-9,12,24H,7,10-11,13-16H2,1-6H3. The Bertz CT molecular complexity index is 1030. The number of methoxy groups -OCH3 is 2. The largest absolute Gasteiger partial charge is 0.496 e. The Morgan fingerprint density at radius 3 is 1.97 bits per heavy atom. The number of allylic oxidation sites excluding steroid dienone is 4. The minimum Gasteiger partial charge on any atom is -0.496 e. The third-order valence-corrected chi connectivity index (χ3v) is 7.88. The van der Waals surface area contributed by atoms with Gasteiger partial charge in [0.25, 0.3) is 0 Å². The van der Waals surface area contributed by atoms with Crippen molar-refractivity contribution in [3.05, 3.63) is 50.8 Å². The molecule has 0 unspecified atom stereocenters. The van der Waals surface area contributed by atoms with Crippen molar-refractivity contribution in [2.24, 2.45) is 10.8 Å². The van der Waals surface area contributed by atoms with Crippen LogP contribution in [0, 0.1) is 10.8 Å². The molecule has 1 aromatic carbocycles. The van der Waals surface area contributed by atoms with E-state index in [2.05, 4.69) is 48.5 Å². The van der Waals surface area contributed by atoms with Gasteiger partial charge >= 0.3 is 0 Å². The van der Waals surface area contributed by atoms with Crippen molar-refractivity contribution >= 4 is 27.5 Å². The van der Waals surface area contributed by atoms with Crippen LogP contribution in [-0.4, -0.2) is 43.8 Å². The van der Waals surface area contributed by atoms with Crippen molar-refractivity contribution in [3.8, 4) is 5.75 Å². The molecule has 34 heavy (non-hydrogen) atoms. The molecule has 0 radical (unpaired) electrons.